The normalized spacial score (nSPS) is 17.6. The van der Waals surface area contributed by atoms with Gasteiger partial charge >= 0.3 is 0 Å². The van der Waals surface area contributed by atoms with Crippen molar-refractivity contribution < 1.29 is 0 Å². The lowest BCUT2D eigenvalue weighted by Crippen LogP contribution is -2.29. The van der Waals surface area contributed by atoms with Crippen molar-refractivity contribution in [1.82, 2.24) is 0 Å². The number of benzene rings is 10. The third-order valence-electron chi connectivity index (χ3n) is 16.4. The monoisotopic (exact) mass is 882 g/mol. The summed E-state index contributed by atoms with van der Waals surface area (Å²) in [6.45, 7) is 9.35. The van der Waals surface area contributed by atoms with Crippen LogP contribution in [0.5, 0.6) is 0 Å². The fraction of sp³-hybridized carbons (Fsp3) is 0.130. The molecule has 69 heavy (non-hydrogen) atoms. The molecule has 0 fully saturated rings. The Kier molecular flexibility index (Phi) is 9.37. The average Bonchev–Trinajstić information content (AvgIpc) is 3.97. The second-order valence-corrected chi connectivity index (χ2v) is 20.2. The first-order valence-electron chi connectivity index (χ1n) is 24.9. The van der Waals surface area contributed by atoms with Gasteiger partial charge in [0.25, 0.3) is 0 Å². The van der Waals surface area contributed by atoms with Gasteiger partial charge in [-0.3, -0.25) is 0 Å². The van der Waals surface area contributed by atoms with E-state index in [-0.39, 0.29) is 5.41 Å². The van der Waals surface area contributed by atoms with Gasteiger partial charge in [-0.15, -0.1) is 0 Å². The van der Waals surface area contributed by atoms with Gasteiger partial charge in [-0.2, -0.15) is 0 Å². The first-order chi connectivity index (χ1) is 33.8. The summed E-state index contributed by atoms with van der Waals surface area (Å²) in [5.41, 5.74) is 28.2. The van der Waals surface area contributed by atoms with Crippen molar-refractivity contribution in [3.63, 3.8) is 0 Å². The molecular weight excluding hydrogens is 829 g/mol. The van der Waals surface area contributed by atoms with Gasteiger partial charge in [-0.1, -0.05) is 245 Å². The van der Waals surface area contributed by atoms with Gasteiger partial charge in [0.2, 0.25) is 0 Å². The van der Waals surface area contributed by atoms with Gasteiger partial charge in [0.15, 0.2) is 0 Å². The third kappa shape index (κ3) is 5.82. The quantitative estimate of drug-likeness (QED) is 0.143. The number of fused-ring (bicyclic) bond motifs is 9. The largest absolute Gasteiger partial charge is 0.0716 e. The highest BCUT2D eigenvalue weighted by Gasteiger charge is 2.49. The molecule has 0 heterocycles. The number of hydrogen-bond donors (Lipinski definition) is 0. The van der Waals surface area contributed by atoms with Gasteiger partial charge in [-0.25, -0.2) is 0 Å². The molecule has 330 valence electrons. The summed E-state index contributed by atoms with van der Waals surface area (Å²) in [5, 5.41) is 0. The van der Waals surface area contributed by atoms with Gasteiger partial charge in [0, 0.05) is 5.41 Å². The zero-order valence-electron chi connectivity index (χ0n) is 39.9. The van der Waals surface area contributed by atoms with Gasteiger partial charge in [0.1, 0.15) is 0 Å². The summed E-state index contributed by atoms with van der Waals surface area (Å²) in [5.74, 6) is 0. The smallest absolute Gasteiger partial charge is 0.0622 e. The maximum absolute atomic E-state index is 2.53. The van der Waals surface area contributed by atoms with E-state index < -0.39 is 10.8 Å². The minimum atomic E-state index is -0.556. The molecule has 0 nitrogen and oxygen atoms in total. The van der Waals surface area contributed by atoms with E-state index >= 15 is 0 Å². The van der Waals surface area contributed by atoms with Crippen molar-refractivity contribution in [2.75, 3.05) is 0 Å². The van der Waals surface area contributed by atoms with Crippen molar-refractivity contribution in [2.45, 2.75) is 56.8 Å². The van der Waals surface area contributed by atoms with Crippen LogP contribution in [0.25, 0.3) is 44.5 Å². The lowest BCUT2D eigenvalue weighted by atomic mass is 9.66. The SMILES string of the molecule is CCc1ccc2c(c1)C(c1ccccc1)(c1cccc(-c3cccc4c3-c3cccc(C)c3C4(c3ccccc3)c3cccc(Cc4cccc5c4-c4ccccc4C5(C)C)c3)c1)c1ccccc1-2. The molecule has 10 aromatic carbocycles. The van der Waals surface area contributed by atoms with Crippen LogP contribution in [0.3, 0.4) is 0 Å². The Labute approximate surface area is 407 Å². The van der Waals surface area contributed by atoms with Crippen LogP contribution in [0.1, 0.15) is 98.7 Å². The lowest BCUT2D eigenvalue weighted by molar-refractivity contribution is 0.660. The molecule has 13 rings (SSSR count). The maximum atomic E-state index is 2.53. The van der Waals surface area contributed by atoms with Crippen LogP contribution in [-0.4, -0.2) is 0 Å². The van der Waals surface area contributed by atoms with E-state index in [1.165, 1.54) is 122 Å². The van der Waals surface area contributed by atoms with Gasteiger partial charge < -0.3 is 0 Å². The van der Waals surface area contributed by atoms with Crippen LogP contribution in [-0.2, 0) is 29.1 Å². The molecule has 0 radical (unpaired) electrons. The van der Waals surface area contributed by atoms with E-state index in [0.717, 1.165) is 12.8 Å². The van der Waals surface area contributed by atoms with Gasteiger partial charge in [0.05, 0.1) is 10.8 Å². The van der Waals surface area contributed by atoms with Crippen molar-refractivity contribution in [1.29, 1.82) is 0 Å². The molecule has 0 aliphatic heterocycles. The first-order valence-corrected chi connectivity index (χ1v) is 24.9. The van der Waals surface area contributed by atoms with Gasteiger partial charge in [-0.05, 0) is 148 Å². The minimum Gasteiger partial charge on any atom is -0.0622 e. The first kappa shape index (κ1) is 41.4. The highest BCUT2D eigenvalue weighted by atomic mass is 14.5. The van der Waals surface area contributed by atoms with Crippen molar-refractivity contribution >= 4 is 0 Å². The summed E-state index contributed by atoms with van der Waals surface area (Å²) in [6.07, 6.45) is 1.83. The molecule has 3 aliphatic carbocycles. The molecule has 0 spiro atoms. The molecule has 0 saturated carbocycles. The number of rotatable bonds is 8. The molecule has 10 aromatic rings. The van der Waals surface area contributed by atoms with Crippen LogP contribution < -0.4 is 0 Å². The second-order valence-electron chi connectivity index (χ2n) is 20.2. The van der Waals surface area contributed by atoms with Crippen LogP contribution >= 0.6 is 0 Å². The number of aryl methyl sites for hydroxylation is 2. The Morgan fingerprint density at radius 2 is 0.913 bits per heavy atom. The lowest BCUT2D eigenvalue weighted by Gasteiger charge is -2.35. The van der Waals surface area contributed by atoms with Crippen LogP contribution in [0.15, 0.2) is 231 Å². The fourth-order valence-corrected chi connectivity index (χ4v) is 13.4. The summed E-state index contributed by atoms with van der Waals surface area (Å²) < 4.78 is 0. The van der Waals surface area contributed by atoms with E-state index in [1.54, 1.807) is 0 Å². The molecule has 0 saturated heterocycles. The molecule has 0 N–H and O–H groups in total. The Balaban J connectivity index is 1.03. The summed E-state index contributed by atoms with van der Waals surface area (Å²) in [6, 6.07) is 88.1. The van der Waals surface area contributed by atoms with Crippen molar-refractivity contribution in [2.24, 2.45) is 0 Å². The molecule has 0 bridgehead atoms. The minimum absolute atomic E-state index is 0.0417. The Hall–Kier alpha value is -7.80. The van der Waals surface area contributed by atoms with Crippen LogP contribution in [0, 0.1) is 6.92 Å². The molecule has 0 amide bonds. The van der Waals surface area contributed by atoms with Crippen LogP contribution in [0.4, 0.5) is 0 Å². The third-order valence-corrected chi connectivity index (χ3v) is 16.4. The Bertz CT molecular complexity index is 3660. The predicted molar refractivity (Wildman–Crippen MR) is 287 cm³/mol. The average molecular weight is 883 g/mol. The zero-order valence-corrected chi connectivity index (χ0v) is 39.9. The molecule has 0 aromatic heterocycles. The molecule has 3 aliphatic rings. The van der Waals surface area contributed by atoms with Crippen molar-refractivity contribution in [3.8, 4) is 44.5 Å². The zero-order chi connectivity index (χ0) is 46.5. The predicted octanol–water partition coefficient (Wildman–Crippen LogP) is 16.8. The van der Waals surface area contributed by atoms with E-state index in [0.29, 0.717) is 0 Å². The second kappa shape index (κ2) is 15.6. The topological polar surface area (TPSA) is 0 Å². The molecular formula is C69H54. The van der Waals surface area contributed by atoms with Crippen LogP contribution in [0.2, 0.25) is 0 Å². The van der Waals surface area contributed by atoms with E-state index in [4.69, 9.17) is 0 Å². The highest BCUT2D eigenvalue weighted by Crippen LogP contribution is 2.61. The summed E-state index contributed by atoms with van der Waals surface area (Å²) >= 11 is 0. The summed E-state index contributed by atoms with van der Waals surface area (Å²) in [4.78, 5) is 0. The Morgan fingerprint density at radius 3 is 1.70 bits per heavy atom. The van der Waals surface area contributed by atoms with E-state index in [2.05, 4.69) is 258 Å². The Morgan fingerprint density at radius 1 is 0.348 bits per heavy atom. The number of hydrogen-bond acceptors (Lipinski definition) is 0. The van der Waals surface area contributed by atoms with E-state index in [9.17, 15) is 0 Å². The van der Waals surface area contributed by atoms with E-state index in [1.807, 2.05) is 0 Å². The molecule has 2 atom stereocenters. The maximum Gasteiger partial charge on any atom is 0.0716 e. The summed E-state index contributed by atoms with van der Waals surface area (Å²) in [7, 11) is 0. The molecule has 2 unspecified atom stereocenters. The standard InChI is InChI=1S/C69H54/c1-5-46-39-40-56-55-31-12-15-36-60(55)68(63(56)43-46,50-25-8-6-9-26-50)53-30-18-23-48(44-53)54-33-20-38-62-65(54)58-34-16-21-45(2)66(58)69(62,51-27-10-7-11-28-51)52-29-17-22-47(42-52)41-49-24-19-37-61-64(49)57-32-13-14-35-59(57)67(61,3)4/h6-40,42-44H,5,41H2,1-4H3. The molecule has 0 heteroatoms. The van der Waals surface area contributed by atoms with Crippen molar-refractivity contribution in [3.05, 3.63) is 308 Å². The fourth-order valence-electron chi connectivity index (χ4n) is 13.4. The highest BCUT2D eigenvalue weighted by molar-refractivity contribution is 5.97.